The quantitative estimate of drug-likeness (QED) is 0.502. The molecule has 0 spiro atoms. The van der Waals surface area contributed by atoms with Crippen molar-refractivity contribution in [3.05, 3.63) is 92.7 Å². The fourth-order valence-electron chi connectivity index (χ4n) is 3.44. The van der Waals surface area contributed by atoms with Gasteiger partial charge in [0.15, 0.2) is 0 Å². The third-order valence-corrected chi connectivity index (χ3v) is 5.13. The van der Waals surface area contributed by atoms with Gasteiger partial charge in [0.05, 0.1) is 6.54 Å². The molecule has 0 saturated carbocycles. The Morgan fingerprint density at radius 2 is 1.93 bits per heavy atom. The summed E-state index contributed by atoms with van der Waals surface area (Å²) in [6.45, 7) is 0.105. The minimum Gasteiger partial charge on any atom is -0.364 e. The van der Waals surface area contributed by atoms with Gasteiger partial charge < -0.3 is 15.3 Å². The van der Waals surface area contributed by atoms with E-state index in [1.165, 1.54) is 12.3 Å². The van der Waals surface area contributed by atoms with Crippen LogP contribution in [0.5, 0.6) is 0 Å². The maximum Gasteiger partial charge on any atom is 0.266 e. The summed E-state index contributed by atoms with van der Waals surface area (Å²) < 4.78 is 16.7. The summed E-state index contributed by atoms with van der Waals surface area (Å²) in [5, 5.41) is 0.677. The van der Waals surface area contributed by atoms with Crippen LogP contribution in [0.25, 0.3) is 22.0 Å². The molecule has 2 heterocycles. The first-order chi connectivity index (χ1) is 13.5. The molecule has 0 aliphatic rings. The van der Waals surface area contributed by atoms with Gasteiger partial charge >= 0.3 is 0 Å². The molecule has 0 unspecified atom stereocenters. The van der Waals surface area contributed by atoms with Crippen LogP contribution in [0, 0.1) is 5.82 Å². The lowest BCUT2D eigenvalue weighted by Crippen LogP contribution is -2.20. The molecule has 0 aliphatic heterocycles. The van der Waals surface area contributed by atoms with Gasteiger partial charge in [-0.25, -0.2) is 4.39 Å². The van der Waals surface area contributed by atoms with Gasteiger partial charge in [-0.05, 0) is 36.4 Å². The number of amides is 1. The van der Waals surface area contributed by atoms with E-state index in [0.29, 0.717) is 27.6 Å². The van der Waals surface area contributed by atoms with Crippen LogP contribution in [0.2, 0.25) is 0 Å². The van der Waals surface area contributed by atoms with E-state index in [9.17, 15) is 14.0 Å². The Labute approximate surface area is 167 Å². The van der Waals surface area contributed by atoms with Crippen LogP contribution in [0.3, 0.4) is 0 Å². The number of pyridine rings is 1. The second kappa shape index (κ2) is 7.09. The zero-order chi connectivity index (χ0) is 19.8. The number of nitrogens with two attached hydrogens (primary N) is 1. The van der Waals surface area contributed by atoms with E-state index < -0.39 is 5.91 Å². The molecular formula is C21H15BrFN3O2. The van der Waals surface area contributed by atoms with Gasteiger partial charge in [0.2, 0.25) is 0 Å². The van der Waals surface area contributed by atoms with Crippen LogP contribution in [-0.4, -0.2) is 15.5 Å². The molecule has 4 aromatic rings. The monoisotopic (exact) mass is 439 g/mol. The minimum absolute atomic E-state index is 0.105. The van der Waals surface area contributed by atoms with Gasteiger partial charge in [0.25, 0.3) is 11.5 Å². The Balaban J connectivity index is 2.09. The van der Waals surface area contributed by atoms with Crippen molar-refractivity contribution in [1.29, 1.82) is 0 Å². The first-order valence-electron chi connectivity index (χ1n) is 8.50. The van der Waals surface area contributed by atoms with Gasteiger partial charge in [-0.1, -0.05) is 34.1 Å². The van der Waals surface area contributed by atoms with Crippen molar-refractivity contribution in [2.24, 2.45) is 5.73 Å². The van der Waals surface area contributed by atoms with Crippen molar-refractivity contribution >= 4 is 32.7 Å². The van der Waals surface area contributed by atoms with E-state index in [1.807, 2.05) is 18.2 Å². The number of benzene rings is 2. The van der Waals surface area contributed by atoms with Crippen molar-refractivity contribution in [3.8, 4) is 11.1 Å². The Kier molecular flexibility index (Phi) is 4.60. The molecular weight excluding hydrogens is 425 g/mol. The molecule has 0 saturated heterocycles. The van der Waals surface area contributed by atoms with Crippen LogP contribution in [-0.2, 0) is 6.54 Å². The maximum atomic E-state index is 14.3. The number of aromatic amines is 1. The minimum atomic E-state index is -0.693. The van der Waals surface area contributed by atoms with Crippen molar-refractivity contribution in [2.45, 2.75) is 6.54 Å². The Morgan fingerprint density at radius 3 is 2.64 bits per heavy atom. The number of H-pyrrole nitrogens is 1. The Hall–Kier alpha value is -3.19. The van der Waals surface area contributed by atoms with E-state index in [2.05, 4.69) is 20.9 Å². The van der Waals surface area contributed by atoms with Gasteiger partial charge in [-0.2, -0.15) is 0 Å². The number of carbonyl (C=O) groups is 1. The van der Waals surface area contributed by atoms with Gasteiger partial charge in [0, 0.05) is 38.3 Å². The second-order valence-corrected chi connectivity index (χ2v) is 7.26. The number of nitrogens with one attached hydrogen (secondary N) is 1. The summed E-state index contributed by atoms with van der Waals surface area (Å²) in [6, 6.07) is 15.1. The van der Waals surface area contributed by atoms with Crippen molar-refractivity contribution in [3.63, 3.8) is 0 Å². The number of fused-ring (bicyclic) bond motifs is 1. The summed E-state index contributed by atoms with van der Waals surface area (Å²) in [5.74, 6) is -1.07. The molecule has 140 valence electrons. The van der Waals surface area contributed by atoms with Crippen LogP contribution in [0.1, 0.15) is 16.1 Å². The first kappa shape index (κ1) is 18.2. The molecule has 0 atom stereocenters. The lowest BCUT2D eigenvalue weighted by molar-refractivity contribution is 0.0993. The highest BCUT2D eigenvalue weighted by Crippen LogP contribution is 2.35. The molecule has 0 fully saturated rings. The molecule has 28 heavy (non-hydrogen) atoms. The fourth-order valence-corrected chi connectivity index (χ4v) is 3.80. The number of nitrogens with zero attached hydrogens (tertiary/aromatic N) is 1. The van der Waals surface area contributed by atoms with Crippen LogP contribution >= 0.6 is 15.9 Å². The highest BCUT2D eigenvalue weighted by Gasteiger charge is 2.24. The highest BCUT2D eigenvalue weighted by atomic mass is 79.9. The predicted molar refractivity (Wildman–Crippen MR) is 110 cm³/mol. The zero-order valence-electron chi connectivity index (χ0n) is 14.6. The summed E-state index contributed by atoms with van der Waals surface area (Å²) in [7, 11) is 0. The summed E-state index contributed by atoms with van der Waals surface area (Å²) in [6.07, 6.45) is 1.52. The largest absolute Gasteiger partial charge is 0.364 e. The lowest BCUT2D eigenvalue weighted by Gasteiger charge is -2.11. The Bertz CT molecular complexity index is 1280. The maximum absolute atomic E-state index is 14.3. The third kappa shape index (κ3) is 3.03. The van der Waals surface area contributed by atoms with Gasteiger partial charge in [-0.3, -0.25) is 9.59 Å². The van der Waals surface area contributed by atoms with E-state index in [4.69, 9.17) is 5.73 Å². The first-order valence-corrected chi connectivity index (χ1v) is 9.29. The molecule has 0 bridgehead atoms. The fraction of sp³-hybridized carbons (Fsp3) is 0.0476. The van der Waals surface area contributed by atoms with Gasteiger partial charge in [-0.15, -0.1) is 0 Å². The topological polar surface area (TPSA) is 80.9 Å². The van der Waals surface area contributed by atoms with E-state index in [0.717, 1.165) is 4.47 Å². The molecule has 2 aromatic carbocycles. The molecule has 7 heteroatoms. The van der Waals surface area contributed by atoms with Crippen LogP contribution in [0.4, 0.5) is 4.39 Å². The number of primary amides is 1. The SMILES string of the molecule is NC(=O)c1c(-c2ccc[nH]c2=O)c2cc(Br)ccc2n1Cc1ccccc1F. The summed E-state index contributed by atoms with van der Waals surface area (Å²) in [5.41, 5.74) is 7.39. The average Bonchev–Trinajstić information content (AvgIpc) is 2.97. The van der Waals surface area contributed by atoms with Crippen LogP contribution in [0.15, 0.2) is 70.1 Å². The number of halogens is 2. The molecule has 2 aromatic heterocycles. The molecule has 4 rings (SSSR count). The smallest absolute Gasteiger partial charge is 0.266 e. The predicted octanol–water partition coefficient (Wildman–Crippen LogP) is 4.05. The zero-order valence-corrected chi connectivity index (χ0v) is 16.2. The normalized spacial score (nSPS) is 11.1. The van der Waals surface area contributed by atoms with E-state index >= 15 is 0 Å². The van der Waals surface area contributed by atoms with Gasteiger partial charge in [0.1, 0.15) is 11.5 Å². The molecule has 0 radical (unpaired) electrons. The summed E-state index contributed by atoms with van der Waals surface area (Å²) >= 11 is 3.44. The molecule has 3 N–H and O–H groups in total. The highest BCUT2D eigenvalue weighted by molar-refractivity contribution is 9.10. The Morgan fingerprint density at radius 1 is 1.14 bits per heavy atom. The lowest BCUT2D eigenvalue weighted by atomic mass is 10.0. The number of hydrogen-bond acceptors (Lipinski definition) is 2. The number of aromatic nitrogens is 2. The number of hydrogen-bond donors (Lipinski definition) is 2. The number of rotatable bonds is 4. The van der Waals surface area contributed by atoms with Crippen LogP contribution < -0.4 is 11.3 Å². The van der Waals surface area contributed by atoms with E-state index in [-0.39, 0.29) is 23.6 Å². The number of carbonyl (C=O) groups excluding carboxylic acids is 1. The molecule has 1 amide bonds. The third-order valence-electron chi connectivity index (χ3n) is 4.63. The van der Waals surface area contributed by atoms with Crippen molar-refractivity contribution in [1.82, 2.24) is 9.55 Å². The summed E-state index contributed by atoms with van der Waals surface area (Å²) in [4.78, 5) is 27.5. The molecule has 5 nitrogen and oxygen atoms in total. The standard InChI is InChI=1S/C21H15BrFN3O2/c22-13-7-8-17-15(10-13)18(14-5-3-9-25-21(14)28)19(20(24)27)26(17)11-12-4-1-2-6-16(12)23/h1-10H,11H2,(H2,24,27)(H,25,28). The van der Waals surface area contributed by atoms with Crippen molar-refractivity contribution < 1.29 is 9.18 Å². The van der Waals surface area contributed by atoms with E-state index in [1.54, 1.807) is 34.9 Å². The average molecular weight is 440 g/mol. The molecule has 0 aliphatic carbocycles. The van der Waals surface area contributed by atoms with Crippen molar-refractivity contribution in [2.75, 3.05) is 0 Å². The second-order valence-electron chi connectivity index (χ2n) is 6.34.